The van der Waals surface area contributed by atoms with Gasteiger partial charge in [-0.3, -0.25) is 19.6 Å². The molecular formula is C23H25N5O6S. The Labute approximate surface area is 202 Å². The Balaban J connectivity index is 1.32. The van der Waals surface area contributed by atoms with Gasteiger partial charge in [0.2, 0.25) is 15.9 Å². The molecule has 1 aromatic heterocycles. The number of non-ortho nitro benzene ring substituents is 1. The second-order valence-corrected chi connectivity index (χ2v) is 10.1. The first-order chi connectivity index (χ1) is 16.8. The summed E-state index contributed by atoms with van der Waals surface area (Å²) >= 11 is 0. The van der Waals surface area contributed by atoms with Crippen molar-refractivity contribution in [3.63, 3.8) is 0 Å². The molecule has 1 aliphatic rings. The predicted molar refractivity (Wildman–Crippen MR) is 128 cm³/mol. The van der Waals surface area contributed by atoms with E-state index < -0.39 is 14.9 Å². The van der Waals surface area contributed by atoms with Crippen molar-refractivity contribution in [2.24, 2.45) is 5.92 Å². The van der Waals surface area contributed by atoms with Crippen molar-refractivity contribution in [2.45, 2.75) is 24.3 Å². The second-order valence-electron chi connectivity index (χ2n) is 8.20. The molecule has 1 amide bonds. The number of nitrogens with zero attached hydrogens (tertiary/aromatic N) is 4. The maximum Gasteiger partial charge on any atom is 0.269 e. The number of nitrogens with one attached hydrogen (secondary N) is 1. The lowest BCUT2D eigenvalue weighted by Gasteiger charge is -2.30. The number of carbonyl (C=O) groups excluding carboxylic acids is 1. The zero-order valence-electron chi connectivity index (χ0n) is 19.0. The smallest absolute Gasteiger partial charge is 0.269 e. The van der Waals surface area contributed by atoms with Gasteiger partial charge in [0.15, 0.2) is 0 Å². The monoisotopic (exact) mass is 499 g/mol. The van der Waals surface area contributed by atoms with Crippen LogP contribution >= 0.6 is 0 Å². The highest BCUT2D eigenvalue weighted by Gasteiger charge is 2.32. The largest absolute Gasteiger partial charge is 0.497 e. The van der Waals surface area contributed by atoms with Gasteiger partial charge in [-0.15, -0.1) is 0 Å². The zero-order valence-corrected chi connectivity index (χ0v) is 19.8. The molecule has 3 aromatic rings. The molecule has 2 heterocycles. The number of sulfonamides is 1. The lowest BCUT2D eigenvalue weighted by molar-refractivity contribution is -0.384. The Morgan fingerprint density at radius 1 is 1.20 bits per heavy atom. The number of nitro groups is 1. The highest BCUT2D eigenvalue weighted by atomic mass is 32.2. The molecule has 0 atom stereocenters. The van der Waals surface area contributed by atoms with Gasteiger partial charge in [-0.2, -0.15) is 9.40 Å². The molecular weight excluding hydrogens is 474 g/mol. The summed E-state index contributed by atoms with van der Waals surface area (Å²) in [6.45, 7) is 0.894. The van der Waals surface area contributed by atoms with Gasteiger partial charge in [-0.25, -0.2) is 8.42 Å². The number of ether oxygens (including phenoxy) is 1. The summed E-state index contributed by atoms with van der Waals surface area (Å²) in [5.41, 5.74) is 1.40. The number of piperidine rings is 1. The minimum Gasteiger partial charge on any atom is -0.497 e. The summed E-state index contributed by atoms with van der Waals surface area (Å²) in [4.78, 5) is 23.0. The minimum atomic E-state index is -3.79. The van der Waals surface area contributed by atoms with Gasteiger partial charge in [0.05, 0.1) is 35.4 Å². The molecule has 35 heavy (non-hydrogen) atoms. The van der Waals surface area contributed by atoms with E-state index in [-0.39, 0.29) is 35.5 Å². The van der Waals surface area contributed by atoms with E-state index in [1.54, 1.807) is 24.2 Å². The third kappa shape index (κ3) is 5.66. The van der Waals surface area contributed by atoms with E-state index in [4.69, 9.17) is 4.74 Å². The van der Waals surface area contributed by atoms with E-state index in [2.05, 4.69) is 10.4 Å². The van der Waals surface area contributed by atoms with E-state index >= 15 is 0 Å². The SMILES string of the molecule is COc1cccc(Cn2cc(NC(=O)C3CCN(S(=O)(=O)c4ccc([N+](=O)[O-])cc4)CC3)cn2)c1. The molecule has 0 spiro atoms. The third-order valence-electron chi connectivity index (χ3n) is 5.89. The van der Waals surface area contributed by atoms with Crippen LogP contribution in [-0.2, 0) is 21.4 Å². The molecule has 1 N–H and O–H groups in total. The zero-order chi connectivity index (χ0) is 25.0. The van der Waals surface area contributed by atoms with Crippen LogP contribution in [0, 0.1) is 16.0 Å². The minimum absolute atomic E-state index is 0.00514. The van der Waals surface area contributed by atoms with E-state index in [1.807, 2.05) is 24.3 Å². The van der Waals surface area contributed by atoms with Gasteiger partial charge in [0, 0.05) is 37.3 Å². The number of nitro benzene ring substituents is 1. The molecule has 1 fully saturated rings. The molecule has 0 radical (unpaired) electrons. The summed E-state index contributed by atoms with van der Waals surface area (Å²) in [5.74, 6) is 0.239. The molecule has 1 saturated heterocycles. The number of amides is 1. The van der Waals surface area contributed by atoms with Gasteiger partial charge in [-0.05, 0) is 42.7 Å². The second kappa shape index (κ2) is 10.2. The van der Waals surface area contributed by atoms with Crippen molar-refractivity contribution in [1.82, 2.24) is 14.1 Å². The van der Waals surface area contributed by atoms with Gasteiger partial charge < -0.3 is 10.1 Å². The topological polar surface area (TPSA) is 137 Å². The number of hydrogen-bond donors (Lipinski definition) is 1. The Bertz CT molecular complexity index is 1310. The highest BCUT2D eigenvalue weighted by molar-refractivity contribution is 7.89. The molecule has 0 aliphatic carbocycles. The van der Waals surface area contributed by atoms with Crippen LogP contribution < -0.4 is 10.1 Å². The number of aromatic nitrogens is 2. The average Bonchev–Trinajstić information content (AvgIpc) is 3.30. The Morgan fingerprint density at radius 3 is 2.57 bits per heavy atom. The summed E-state index contributed by atoms with van der Waals surface area (Å²) in [6.07, 6.45) is 4.06. The van der Waals surface area contributed by atoms with Crippen molar-refractivity contribution in [2.75, 3.05) is 25.5 Å². The Morgan fingerprint density at radius 2 is 1.91 bits per heavy atom. The van der Waals surface area contributed by atoms with Crippen LogP contribution in [-0.4, -0.2) is 53.5 Å². The van der Waals surface area contributed by atoms with E-state index in [1.165, 1.54) is 28.6 Å². The molecule has 1 aliphatic heterocycles. The first-order valence-electron chi connectivity index (χ1n) is 11.0. The molecule has 12 heteroatoms. The van der Waals surface area contributed by atoms with Crippen molar-refractivity contribution in [3.05, 3.63) is 76.6 Å². The lowest BCUT2D eigenvalue weighted by atomic mass is 9.97. The fourth-order valence-corrected chi connectivity index (χ4v) is 5.43. The number of methoxy groups -OCH3 is 1. The molecule has 0 bridgehead atoms. The molecule has 2 aromatic carbocycles. The molecule has 0 unspecified atom stereocenters. The van der Waals surface area contributed by atoms with Crippen LogP contribution in [0.4, 0.5) is 11.4 Å². The third-order valence-corrected chi connectivity index (χ3v) is 7.80. The van der Waals surface area contributed by atoms with Crippen LogP contribution in [0.2, 0.25) is 0 Å². The number of anilines is 1. The number of hydrogen-bond acceptors (Lipinski definition) is 7. The lowest BCUT2D eigenvalue weighted by Crippen LogP contribution is -2.41. The van der Waals surface area contributed by atoms with Crippen LogP contribution in [0.15, 0.2) is 65.8 Å². The summed E-state index contributed by atoms with van der Waals surface area (Å²) in [7, 11) is -2.18. The fourth-order valence-electron chi connectivity index (χ4n) is 3.96. The summed E-state index contributed by atoms with van der Waals surface area (Å²) < 4.78 is 34.0. The van der Waals surface area contributed by atoms with Crippen LogP contribution in [0.25, 0.3) is 0 Å². The van der Waals surface area contributed by atoms with E-state index in [0.29, 0.717) is 25.1 Å². The van der Waals surface area contributed by atoms with Crippen LogP contribution in [0.3, 0.4) is 0 Å². The quantitative estimate of drug-likeness (QED) is 0.372. The molecule has 11 nitrogen and oxygen atoms in total. The Hall–Kier alpha value is -3.77. The van der Waals surface area contributed by atoms with Crippen LogP contribution in [0.1, 0.15) is 18.4 Å². The number of carbonyl (C=O) groups is 1. The maximum absolute atomic E-state index is 12.9. The summed E-state index contributed by atoms with van der Waals surface area (Å²) in [5, 5.41) is 18.0. The maximum atomic E-state index is 12.9. The summed E-state index contributed by atoms with van der Waals surface area (Å²) in [6, 6.07) is 12.4. The van der Waals surface area contributed by atoms with Gasteiger partial charge >= 0.3 is 0 Å². The van der Waals surface area contributed by atoms with Gasteiger partial charge in [0.1, 0.15) is 5.75 Å². The number of rotatable bonds is 8. The first-order valence-corrected chi connectivity index (χ1v) is 12.4. The van der Waals surface area contributed by atoms with E-state index in [9.17, 15) is 23.3 Å². The van der Waals surface area contributed by atoms with Crippen molar-refractivity contribution in [3.8, 4) is 5.75 Å². The first kappa shape index (κ1) is 24.4. The van der Waals surface area contributed by atoms with E-state index in [0.717, 1.165) is 11.3 Å². The molecule has 184 valence electrons. The van der Waals surface area contributed by atoms with Gasteiger partial charge in [-0.1, -0.05) is 12.1 Å². The highest BCUT2D eigenvalue weighted by Crippen LogP contribution is 2.26. The number of benzene rings is 2. The normalized spacial score (nSPS) is 15.0. The average molecular weight is 500 g/mol. The molecule has 0 saturated carbocycles. The van der Waals surface area contributed by atoms with Crippen LogP contribution in [0.5, 0.6) is 5.75 Å². The van der Waals surface area contributed by atoms with Gasteiger partial charge in [0.25, 0.3) is 5.69 Å². The van der Waals surface area contributed by atoms with Crippen molar-refractivity contribution < 1.29 is 22.9 Å². The van der Waals surface area contributed by atoms with Crippen molar-refractivity contribution >= 4 is 27.3 Å². The Kier molecular flexibility index (Phi) is 7.12. The van der Waals surface area contributed by atoms with Crippen molar-refractivity contribution in [1.29, 1.82) is 0 Å². The predicted octanol–water partition coefficient (Wildman–Crippen LogP) is 2.89. The standard InChI is InChI=1S/C23H25N5O6S/c1-34-21-4-2-3-17(13-21)15-26-16-19(14-24-26)25-23(29)18-9-11-27(12-10-18)35(32,33)22-7-5-20(6-8-22)28(30)31/h2-8,13-14,16,18H,9-12,15H2,1H3,(H,25,29). The fraction of sp³-hybridized carbons (Fsp3) is 0.304. The molecule has 4 rings (SSSR count).